The summed E-state index contributed by atoms with van der Waals surface area (Å²) in [4.78, 5) is 0. The Morgan fingerprint density at radius 3 is 2.80 bits per heavy atom. The molecule has 0 fully saturated rings. The summed E-state index contributed by atoms with van der Waals surface area (Å²) in [5.74, 6) is 0. The average molecular weight is 202 g/mol. The van der Waals surface area contributed by atoms with E-state index in [0.29, 0.717) is 0 Å². The second-order valence-electron chi connectivity index (χ2n) is 4.47. The molecule has 0 spiro atoms. The van der Waals surface area contributed by atoms with E-state index < -0.39 is 0 Å². The minimum atomic E-state index is 0.219. The maximum atomic E-state index is 5.85. The van der Waals surface area contributed by atoms with Gasteiger partial charge in [-0.15, -0.1) is 0 Å². The molecule has 0 bridgehead atoms. The molecule has 0 saturated carbocycles. The zero-order chi connectivity index (χ0) is 11.0. The molecule has 0 aliphatic carbocycles. The number of benzene rings is 1. The van der Waals surface area contributed by atoms with Crippen LogP contribution in [0.4, 0.5) is 0 Å². The number of hydrogen-bond donors (Lipinski definition) is 1. The summed E-state index contributed by atoms with van der Waals surface area (Å²) >= 11 is 0. The van der Waals surface area contributed by atoms with Crippen molar-refractivity contribution in [3.63, 3.8) is 0 Å². The van der Waals surface area contributed by atoms with Gasteiger partial charge in [-0.05, 0) is 37.5 Å². The largest absolute Gasteiger partial charge is 0.350 e. The SMILES string of the molecule is Cc1ccc2c(CC(C)N)cn(C)c2c1. The van der Waals surface area contributed by atoms with Gasteiger partial charge in [0.2, 0.25) is 0 Å². The van der Waals surface area contributed by atoms with Gasteiger partial charge in [0.15, 0.2) is 0 Å². The van der Waals surface area contributed by atoms with E-state index in [-0.39, 0.29) is 6.04 Å². The molecule has 0 saturated heterocycles. The fourth-order valence-corrected chi connectivity index (χ4v) is 2.09. The van der Waals surface area contributed by atoms with Gasteiger partial charge in [-0.1, -0.05) is 12.1 Å². The number of hydrogen-bond acceptors (Lipinski definition) is 1. The van der Waals surface area contributed by atoms with Crippen LogP contribution in [0.25, 0.3) is 10.9 Å². The van der Waals surface area contributed by atoms with Gasteiger partial charge in [0.05, 0.1) is 0 Å². The van der Waals surface area contributed by atoms with Crippen LogP contribution < -0.4 is 5.73 Å². The van der Waals surface area contributed by atoms with E-state index in [2.05, 4.69) is 42.9 Å². The van der Waals surface area contributed by atoms with E-state index in [9.17, 15) is 0 Å². The van der Waals surface area contributed by atoms with Gasteiger partial charge in [0.25, 0.3) is 0 Å². The summed E-state index contributed by atoms with van der Waals surface area (Å²) in [5, 5.41) is 1.33. The van der Waals surface area contributed by atoms with E-state index in [1.165, 1.54) is 22.0 Å². The van der Waals surface area contributed by atoms with Crippen molar-refractivity contribution in [2.24, 2.45) is 12.8 Å². The van der Waals surface area contributed by atoms with Crippen LogP contribution in [0.2, 0.25) is 0 Å². The lowest BCUT2D eigenvalue weighted by atomic mass is 10.1. The standard InChI is InChI=1S/C13H18N2/c1-9-4-5-12-11(7-10(2)14)8-15(3)13(12)6-9/h4-6,8,10H,7,14H2,1-3H3. The number of nitrogens with two attached hydrogens (primary N) is 1. The highest BCUT2D eigenvalue weighted by Gasteiger charge is 2.07. The first-order chi connectivity index (χ1) is 7.08. The van der Waals surface area contributed by atoms with E-state index in [4.69, 9.17) is 5.73 Å². The molecule has 0 radical (unpaired) electrons. The fourth-order valence-electron chi connectivity index (χ4n) is 2.09. The number of nitrogens with zero attached hydrogens (tertiary/aromatic N) is 1. The zero-order valence-electron chi connectivity index (χ0n) is 9.62. The van der Waals surface area contributed by atoms with Gasteiger partial charge in [-0.2, -0.15) is 0 Å². The van der Waals surface area contributed by atoms with Crippen molar-refractivity contribution in [2.75, 3.05) is 0 Å². The molecule has 0 amide bonds. The Morgan fingerprint density at radius 2 is 2.13 bits per heavy atom. The van der Waals surface area contributed by atoms with Gasteiger partial charge >= 0.3 is 0 Å². The molecule has 2 nitrogen and oxygen atoms in total. The maximum Gasteiger partial charge on any atom is 0.0483 e. The Morgan fingerprint density at radius 1 is 1.40 bits per heavy atom. The minimum Gasteiger partial charge on any atom is -0.350 e. The van der Waals surface area contributed by atoms with Crippen LogP contribution in [0.5, 0.6) is 0 Å². The Labute approximate surface area is 90.7 Å². The Balaban J connectivity index is 2.57. The molecule has 2 N–H and O–H groups in total. The Bertz CT molecular complexity index is 480. The second-order valence-corrected chi connectivity index (χ2v) is 4.47. The van der Waals surface area contributed by atoms with E-state index >= 15 is 0 Å². The van der Waals surface area contributed by atoms with Crippen LogP contribution in [0.1, 0.15) is 18.1 Å². The van der Waals surface area contributed by atoms with Crippen molar-refractivity contribution in [3.8, 4) is 0 Å². The molecule has 2 aromatic rings. The first-order valence-electron chi connectivity index (χ1n) is 5.38. The van der Waals surface area contributed by atoms with Crippen LogP contribution in [-0.4, -0.2) is 10.6 Å². The third-order valence-electron chi connectivity index (χ3n) is 2.77. The summed E-state index contributed by atoms with van der Waals surface area (Å²) < 4.78 is 2.18. The first kappa shape index (κ1) is 10.2. The molecule has 1 heterocycles. The van der Waals surface area contributed by atoms with E-state index in [1.54, 1.807) is 0 Å². The molecule has 1 aromatic heterocycles. The number of rotatable bonds is 2. The lowest BCUT2D eigenvalue weighted by molar-refractivity contribution is 0.738. The monoisotopic (exact) mass is 202 g/mol. The smallest absolute Gasteiger partial charge is 0.0483 e. The summed E-state index contributed by atoms with van der Waals surface area (Å²) in [6.07, 6.45) is 3.13. The number of aryl methyl sites for hydroxylation is 2. The molecule has 1 aromatic carbocycles. The van der Waals surface area contributed by atoms with Gasteiger partial charge in [0.1, 0.15) is 0 Å². The lowest BCUT2D eigenvalue weighted by Crippen LogP contribution is -2.17. The summed E-state index contributed by atoms with van der Waals surface area (Å²) in [7, 11) is 2.09. The minimum absolute atomic E-state index is 0.219. The Kier molecular flexibility index (Phi) is 2.53. The first-order valence-corrected chi connectivity index (χ1v) is 5.38. The van der Waals surface area contributed by atoms with E-state index in [0.717, 1.165) is 6.42 Å². The van der Waals surface area contributed by atoms with Crippen molar-refractivity contribution in [2.45, 2.75) is 26.3 Å². The van der Waals surface area contributed by atoms with Crippen LogP contribution in [-0.2, 0) is 13.5 Å². The van der Waals surface area contributed by atoms with Crippen molar-refractivity contribution in [3.05, 3.63) is 35.5 Å². The molecule has 80 valence electrons. The molecule has 15 heavy (non-hydrogen) atoms. The van der Waals surface area contributed by atoms with Crippen molar-refractivity contribution in [1.29, 1.82) is 0 Å². The third kappa shape index (κ3) is 1.90. The van der Waals surface area contributed by atoms with Gasteiger partial charge in [-0.25, -0.2) is 0 Å². The predicted molar refractivity (Wildman–Crippen MR) is 65.0 cm³/mol. The van der Waals surface area contributed by atoms with Crippen LogP contribution >= 0.6 is 0 Å². The second kappa shape index (κ2) is 3.70. The lowest BCUT2D eigenvalue weighted by Gasteiger charge is -2.02. The summed E-state index contributed by atoms with van der Waals surface area (Å²) in [6, 6.07) is 6.80. The van der Waals surface area contributed by atoms with Crippen molar-refractivity contribution < 1.29 is 0 Å². The molecule has 0 aliphatic heterocycles. The average Bonchev–Trinajstić information content (AvgIpc) is 2.42. The van der Waals surface area contributed by atoms with Gasteiger partial charge < -0.3 is 10.3 Å². The van der Waals surface area contributed by atoms with E-state index in [1.807, 2.05) is 6.92 Å². The molecular formula is C13H18N2. The van der Waals surface area contributed by atoms with Crippen LogP contribution in [0, 0.1) is 6.92 Å². The predicted octanol–water partition coefficient (Wildman–Crippen LogP) is 2.38. The number of fused-ring (bicyclic) bond motifs is 1. The molecular weight excluding hydrogens is 184 g/mol. The fraction of sp³-hybridized carbons (Fsp3) is 0.385. The van der Waals surface area contributed by atoms with Crippen molar-refractivity contribution >= 4 is 10.9 Å². The highest BCUT2D eigenvalue weighted by atomic mass is 14.9. The van der Waals surface area contributed by atoms with Gasteiger partial charge in [0, 0.05) is 30.2 Å². The molecule has 1 atom stereocenters. The molecule has 2 rings (SSSR count). The normalized spacial score (nSPS) is 13.3. The highest BCUT2D eigenvalue weighted by Crippen LogP contribution is 2.22. The molecule has 0 aliphatic rings. The molecule has 2 heteroatoms. The van der Waals surface area contributed by atoms with Gasteiger partial charge in [-0.3, -0.25) is 0 Å². The number of aromatic nitrogens is 1. The topological polar surface area (TPSA) is 30.9 Å². The Hall–Kier alpha value is -1.28. The zero-order valence-corrected chi connectivity index (χ0v) is 9.62. The van der Waals surface area contributed by atoms with Crippen LogP contribution in [0.15, 0.2) is 24.4 Å². The quantitative estimate of drug-likeness (QED) is 0.796. The molecule has 1 unspecified atom stereocenters. The maximum absolute atomic E-state index is 5.85. The summed E-state index contributed by atoms with van der Waals surface area (Å²) in [5.41, 5.74) is 9.79. The van der Waals surface area contributed by atoms with Crippen LogP contribution in [0.3, 0.4) is 0 Å². The highest BCUT2D eigenvalue weighted by molar-refractivity contribution is 5.84. The summed E-state index contributed by atoms with van der Waals surface area (Å²) in [6.45, 7) is 4.17. The van der Waals surface area contributed by atoms with Crippen molar-refractivity contribution in [1.82, 2.24) is 4.57 Å². The third-order valence-corrected chi connectivity index (χ3v) is 2.77.